The fraction of sp³-hybridized carbons (Fsp3) is 0.227. The van der Waals surface area contributed by atoms with Gasteiger partial charge in [0, 0.05) is 24.8 Å². The van der Waals surface area contributed by atoms with Gasteiger partial charge in [-0.25, -0.2) is 4.98 Å². The predicted octanol–water partition coefficient (Wildman–Crippen LogP) is 8.23. The molecule has 0 atom stereocenters. The number of ether oxygens (including phenoxy) is 4. The van der Waals surface area contributed by atoms with E-state index in [1.165, 1.54) is 17.4 Å². The molecular weight excluding hydrogens is 552 g/mol. The van der Waals surface area contributed by atoms with Crippen molar-refractivity contribution < 1.29 is 18.9 Å². The molecule has 0 saturated carbocycles. The number of aromatic nitrogens is 1. The molecule has 0 saturated heterocycles. The molecule has 0 N–H and O–H groups in total. The van der Waals surface area contributed by atoms with Crippen LogP contribution in [0.15, 0.2) is 53.2 Å². The minimum atomic E-state index is 0.122. The third kappa shape index (κ3) is 8.96. The van der Waals surface area contributed by atoms with Crippen LogP contribution < -0.4 is 18.9 Å². The molecule has 5 nitrogen and oxygen atoms in total. The van der Waals surface area contributed by atoms with Gasteiger partial charge in [-0.05, 0) is 30.3 Å². The zero-order valence-corrected chi connectivity index (χ0v) is 21.6. The summed E-state index contributed by atoms with van der Waals surface area (Å²) >= 11 is 30.8. The van der Waals surface area contributed by atoms with Crippen molar-refractivity contribution in [3.8, 4) is 23.0 Å². The molecule has 0 radical (unpaired) electrons. The quantitative estimate of drug-likeness (QED) is 0.206. The van der Waals surface area contributed by atoms with Gasteiger partial charge < -0.3 is 18.9 Å². The molecule has 0 aliphatic heterocycles. The monoisotopic (exact) mass is 567 g/mol. The Labute approximate surface area is 220 Å². The molecule has 11 heteroatoms. The average molecular weight is 570 g/mol. The van der Waals surface area contributed by atoms with Crippen LogP contribution in [0.3, 0.4) is 0 Å². The van der Waals surface area contributed by atoms with Crippen molar-refractivity contribution in [2.24, 2.45) is 0 Å². The molecule has 1 heterocycles. The van der Waals surface area contributed by atoms with Gasteiger partial charge in [0.2, 0.25) is 0 Å². The summed E-state index contributed by atoms with van der Waals surface area (Å²) in [4.78, 5) is 4.94. The van der Waals surface area contributed by atoms with Gasteiger partial charge in [0.05, 0.1) is 28.1 Å². The van der Waals surface area contributed by atoms with Crippen LogP contribution in [-0.2, 0) is 6.61 Å². The lowest BCUT2D eigenvalue weighted by molar-refractivity contribution is 0.247. The van der Waals surface area contributed by atoms with E-state index < -0.39 is 0 Å². The minimum absolute atomic E-state index is 0.122. The largest absolute Gasteiger partial charge is 0.493 e. The van der Waals surface area contributed by atoms with Crippen molar-refractivity contribution in [3.05, 3.63) is 72.6 Å². The second-order valence-corrected chi connectivity index (χ2v) is 9.93. The summed E-state index contributed by atoms with van der Waals surface area (Å²) in [5, 5.41) is 0.686. The van der Waals surface area contributed by atoms with Gasteiger partial charge in [0.1, 0.15) is 35.0 Å². The van der Waals surface area contributed by atoms with E-state index in [0.29, 0.717) is 52.3 Å². The van der Waals surface area contributed by atoms with E-state index >= 15 is 0 Å². The number of hydrogen-bond donors (Lipinski definition) is 0. The van der Waals surface area contributed by atoms with Crippen molar-refractivity contribution in [1.82, 2.24) is 4.98 Å². The van der Waals surface area contributed by atoms with E-state index in [1.807, 2.05) is 24.3 Å². The lowest BCUT2D eigenvalue weighted by atomic mass is 10.3. The molecule has 0 bridgehead atoms. The summed E-state index contributed by atoms with van der Waals surface area (Å²) in [7, 11) is 0. The Hall–Kier alpha value is -1.54. The van der Waals surface area contributed by atoms with Gasteiger partial charge in [-0.1, -0.05) is 58.0 Å². The molecule has 3 rings (SSSR count). The Bertz CT molecular complexity index is 1050. The topological polar surface area (TPSA) is 49.8 Å². The maximum atomic E-state index is 6.26. The van der Waals surface area contributed by atoms with E-state index in [4.69, 9.17) is 77.0 Å². The molecular formula is C22H18Cl5NO4S. The molecule has 1 aromatic heterocycles. The minimum Gasteiger partial charge on any atom is -0.493 e. The maximum absolute atomic E-state index is 6.26. The van der Waals surface area contributed by atoms with Crippen LogP contribution in [0.4, 0.5) is 0 Å². The Kier molecular flexibility index (Phi) is 10.6. The molecule has 0 spiro atoms. The molecule has 176 valence electrons. The van der Waals surface area contributed by atoms with Crippen LogP contribution in [0.25, 0.3) is 0 Å². The van der Waals surface area contributed by atoms with Crippen LogP contribution in [0, 0.1) is 0 Å². The lowest BCUT2D eigenvalue weighted by Crippen LogP contribution is -2.05. The fourth-order valence-electron chi connectivity index (χ4n) is 2.52. The first-order valence-corrected chi connectivity index (χ1v) is 12.3. The fourth-order valence-corrected chi connectivity index (χ4v) is 4.11. The van der Waals surface area contributed by atoms with Crippen molar-refractivity contribution in [1.29, 1.82) is 0 Å². The summed E-state index contributed by atoms with van der Waals surface area (Å²) in [5.74, 6) is 2.33. The SMILES string of the molecule is ClC(Cl)=CCOc1cc(Cl)c(OCCCOc2ccc(OCc3cnc(Cl)s3)cc2)c(Cl)c1. The van der Waals surface area contributed by atoms with Gasteiger partial charge in [-0.15, -0.1) is 11.3 Å². The number of thiazole rings is 1. The first kappa shape index (κ1) is 26.1. The second-order valence-electron chi connectivity index (χ2n) is 6.41. The highest BCUT2D eigenvalue weighted by atomic mass is 35.5. The van der Waals surface area contributed by atoms with Crippen molar-refractivity contribution in [3.63, 3.8) is 0 Å². The number of hydrogen-bond acceptors (Lipinski definition) is 6. The van der Waals surface area contributed by atoms with E-state index in [2.05, 4.69) is 4.98 Å². The Balaban J connectivity index is 1.38. The molecule has 0 amide bonds. The Morgan fingerprint density at radius 1 is 0.848 bits per heavy atom. The Morgan fingerprint density at radius 2 is 1.48 bits per heavy atom. The van der Waals surface area contributed by atoms with E-state index in [1.54, 1.807) is 18.3 Å². The second kappa shape index (κ2) is 13.4. The van der Waals surface area contributed by atoms with Gasteiger partial charge >= 0.3 is 0 Å². The highest BCUT2D eigenvalue weighted by Gasteiger charge is 2.11. The highest BCUT2D eigenvalue weighted by molar-refractivity contribution is 7.15. The molecule has 0 fully saturated rings. The third-order valence-electron chi connectivity index (χ3n) is 3.99. The molecule has 0 unspecified atom stereocenters. The van der Waals surface area contributed by atoms with Crippen LogP contribution in [0.5, 0.6) is 23.0 Å². The van der Waals surface area contributed by atoms with Gasteiger partial charge in [-0.2, -0.15) is 0 Å². The van der Waals surface area contributed by atoms with Crippen molar-refractivity contribution in [2.45, 2.75) is 13.0 Å². The number of halogens is 5. The first-order valence-electron chi connectivity index (χ1n) is 9.62. The molecule has 0 aliphatic carbocycles. The summed E-state index contributed by atoms with van der Waals surface area (Å²) in [6, 6.07) is 10.6. The smallest absolute Gasteiger partial charge is 0.183 e. The van der Waals surface area contributed by atoms with Gasteiger partial charge in [0.25, 0.3) is 0 Å². The number of nitrogens with zero attached hydrogens (tertiary/aromatic N) is 1. The highest BCUT2D eigenvalue weighted by Crippen LogP contribution is 2.37. The zero-order chi connectivity index (χ0) is 23.6. The third-order valence-corrected chi connectivity index (χ3v) is 5.95. The Morgan fingerprint density at radius 3 is 2.09 bits per heavy atom. The molecule has 0 aliphatic rings. The lowest BCUT2D eigenvalue weighted by Gasteiger charge is -2.13. The molecule has 2 aromatic carbocycles. The average Bonchev–Trinajstić information content (AvgIpc) is 3.19. The van der Waals surface area contributed by atoms with E-state index in [9.17, 15) is 0 Å². The normalized spacial score (nSPS) is 10.6. The maximum Gasteiger partial charge on any atom is 0.183 e. The van der Waals surface area contributed by atoms with Gasteiger partial charge in [0.15, 0.2) is 10.2 Å². The summed E-state index contributed by atoms with van der Waals surface area (Å²) < 4.78 is 23.2. The van der Waals surface area contributed by atoms with Crippen molar-refractivity contribution in [2.75, 3.05) is 19.8 Å². The number of rotatable bonds is 12. The predicted molar refractivity (Wildman–Crippen MR) is 135 cm³/mol. The standard InChI is InChI=1S/C22H18Cl5NO4S/c23-18-10-16(30-9-6-20(25)26)11-19(24)21(18)31-8-1-7-29-14-2-4-15(5-3-14)32-13-17-12-28-22(27)33-17/h2-6,10-12H,1,7-9,13H2. The summed E-state index contributed by atoms with van der Waals surface area (Å²) in [6.45, 7) is 1.45. The van der Waals surface area contributed by atoms with Crippen LogP contribution in [0.1, 0.15) is 11.3 Å². The number of benzene rings is 2. The summed E-state index contributed by atoms with van der Waals surface area (Å²) in [5.41, 5.74) is 0. The van der Waals surface area contributed by atoms with Crippen LogP contribution >= 0.6 is 69.3 Å². The van der Waals surface area contributed by atoms with Crippen molar-refractivity contribution >= 4 is 69.3 Å². The van der Waals surface area contributed by atoms with E-state index in [-0.39, 0.29) is 11.1 Å². The van der Waals surface area contributed by atoms with E-state index in [0.717, 1.165) is 16.4 Å². The van der Waals surface area contributed by atoms with Crippen LogP contribution in [0.2, 0.25) is 14.5 Å². The zero-order valence-electron chi connectivity index (χ0n) is 17.0. The van der Waals surface area contributed by atoms with Crippen LogP contribution in [-0.4, -0.2) is 24.8 Å². The molecule has 3 aromatic rings. The van der Waals surface area contributed by atoms with Gasteiger partial charge in [-0.3, -0.25) is 0 Å². The first-order chi connectivity index (χ1) is 15.9. The summed E-state index contributed by atoms with van der Waals surface area (Å²) in [6.07, 6.45) is 3.84. The molecule has 33 heavy (non-hydrogen) atoms.